The fourth-order valence-electron chi connectivity index (χ4n) is 2.39. The van der Waals surface area contributed by atoms with Gasteiger partial charge in [-0.1, -0.05) is 45.8 Å². The number of esters is 1. The van der Waals surface area contributed by atoms with Gasteiger partial charge in [0.15, 0.2) is 14.7 Å². The molecule has 6 heteroatoms. The van der Waals surface area contributed by atoms with E-state index in [2.05, 4.69) is 0 Å². The summed E-state index contributed by atoms with van der Waals surface area (Å²) in [5.74, 6) is 0.292. The first-order chi connectivity index (χ1) is 12.9. The van der Waals surface area contributed by atoms with Gasteiger partial charge in [-0.05, 0) is 79.7 Å². The topological polar surface area (TPSA) is 26.3 Å². The fraction of sp³-hybridized carbons (Fsp3) is 0.0952. The molecule has 0 bridgehead atoms. The molecule has 0 spiro atoms. The van der Waals surface area contributed by atoms with Gasteiger partial charge < -0.3 is 4.74 Å². The zero-order chi connectivity index (χ0) is 19.4. The van der Waals surface area contributed by atoms with Crippen molar-refractivity contribution in [1.29, 1.82) is 0 Å². The first kappa shape index (κ1) is 20.5. The molecule has 27 heavy (non-hydrogen) atoms. The van der Waals surface area contributed by atoms with Crippen LogP contribution in [0.4, 0.5) is 0 Å². The van der Waals surface area contributed by atoms with E-state index in [0.717, 1.165) is 14.7 Å². The van der Waals surface area contributed by atoms with Crippen LogP contribution in [0.2, 0.25) is 10.0 Å². The highest BCUT2D eigenvalue weighted by molar-refractivity contribution is 14.1. The highest BCUT2D eigenvalue weighted by Gasteiger charge is 2.28. The Bertz CT molecular complexity index is 865. The van der Waals surface area contributed by atoms with Crippen LogP contribution in [0, 0.1) is 0 Å². The predicted molar refractivity (Wildman–Crippen MR) is 121 cm³/mol. The van der Waals surface area contributed by atoms with Gasteiger partial charge in [0.2, 0.25) is 0 Å². The Balaban J connectivity index is 1.96. The van der Waals surface area contributed by atoms with Crippen molar-refractivity contribution in [1.82, 2.24) is 0 Å². The lowest BCUT2D eigenvalue weighted by Crippen LogP contribution is -2.16. The molecule has 0 heterocycles. The van der Waals surface area contributed by atoms with Crippen LogP contribution < -0.4 is 4.74 Å². The van der Waals surface area contributed by atoms with Gasteiger partial charge in [0.1, 0.15) is 9.67 Å². The van der Waals surface area contributed by atoms with Crippen LogP contribution in [0.1, 0.15) is 6.92 Å². The summed E-state index contributed by atoms with van der Waals surface area (Å²) in [5, 5.41) is 1.40. The van der Waals surface area contributed by atoms with Crippen molar-refractivity contribution in [2.24, 2.45) is 0 Å². The van der Waals surface area contributed by atoms with Gasteiger partial charge in [0.05, 0.1) is 10.9 Å². The van der Waals surface area contributed by atoms with Gasteiger partial charge in [-0.25, -0.2) is 0 Å². The molecule has 0 saturated carbocycles. The molecule has 0 aromatic heterocycles. The molecule has 1 unspecified atom stereocenters. The molecule has 1 atom stereocenters. The average molecular weight is 530 g/mol. The van der Waals surface area contributed by atoms with Gasteiger partial charge in [-0.15, -0.1) is 0 Å². The second kappa shape index (κ2) is 9.32. The van der Waals surface area contributed by atoms with E-state index in [4.69, 9.17) is 27.9 Å². The maximum absolute atomic E-state index is 11.8. The average Bonchev–Trinajstić information content (AvgIpc) is 2.66. The zero-order valence-corrected chi connectivity index (χ0v) is 18.9. The minimum Gasteiger partial charge on any atom is -0.426 e. The van der Waals surface area contributed by atoms with E-state index < -0.39 is 0 Å². The lowest BCUT2D eigenvalue weighted by molar-refractivity contribution is -0.133. The van der Waals surface area contributed by atoms with Gasteiger partial charge in [-0.3, -0.25) is 4.79 Å². The van der Waals surface area contributed by atoms with Crippen LogP contribution in [0.3, 0.4) is 0 Å². The van der Waals surface area contributed by atoms with Crippen molar-refractivity contribution >= 4 is 62.7 Å². The zero-order valence-electron chi connectivity index (χ0n) is 14.4. The molecule has 0 N–H and O–H groups in total. The molecule has 0 aliphatic heterocycles. The summed E-state index contributed by atoms with van der Waals surface area (Å²) >= 11 is 14.2. The third kappa shape index (κ3) is 5.41. The lowest BCUT2D eigenvalue weighted by atomic mass is 10.3. The Morgan fingerprint density at radius 2 is 1.19 bits per heavy atom. The Hall–Kier alpha value is -1.21. The van der Waals surface area contributed by atoms with Crippen molar-refractivity contribution < 1.29 is 9.53 Å². The van der Waals surface area contributed by atoms with Gasteiger partial charge in [-0.2, -0.15) is 0 Å². The van der Waals surface area contributed by atoms with Crippen molar-refractivity contribution in [2.75, 3.05) is 0 Å². The van der Waals surface area contributed by atoms with Crippen molar-refractivity contribution in [3.63, 3.8) is 0 Å². The summed E-state index contributed by atoms with van der Waals surface area (Å²) in [6, 6.07) is 23.4. The maximum Gasteiger partial charge on any atom is 0.323 e. The van der Waals surface area contributed by atoms with Gasteiger partial charge in [0.25, 0.3) is 0 Å². The molecule has 0 fully saturated rings. The quantitative estimate of drug-likeness (QED) is 0.119. The first-order valence-electron chi connectivity index (χ1n) is 8.15. The van der Waals surface area contributed by atoms with E-state index in [0.29, 0.717) is 15.8 Å². The van der Waals surface area contributed by atoms with Crippen molar-refractivity contribution in [3.8, 4) is 5.75 Å². The summed E-state index contributed by atoms with van der Waals surface area (Å²) in [6.45, 7) is 1.80. The first-order valence-corrected chi connectivity index (χ1v) is 11.4. The molecule has 138 valence electrons. The number of ether oxygens (including phenoxy) is 1. The normalized spacial score (nSPS) is 12.0. The van der Waals surface area contributed by atoms with Crippen LogP contribution in [-0.4, -0.2) is 9.89 Å². The van der Waals surface area contributed by atoms with Crippen LogP contribution in [-0.2, 0) is 15.7 Å². The van der Waals surface area contributed by atoms with Gasteiger partial charge in [0, 0.05) is 10.0 Å². The number of carbonyl (C=O) groups excluding carboxylic acids is 1. The third-order valence-corrected chi connectivity index (χ3v) is 6.94. The smallest absolute Gasteiger partial charge is 0.323 e. The minimum absolute atomic E-state index is 0.194. The standard InChI is InChI=1S/C21H16Cl2IO2S/c1-14(24)21(25)26-17-6-12-20(13-7-17)27(18-8-2-15(22)3-9-18)19-10-4-16(23)5-11-19/h2-14H,1H3/q+1. The fourth-order valence-corrected chi connectivity index (χ4v) is 4.81. The monoisotopic (exact) mass is 529 g/mol. The Labute approximate surface area is 185 Å². The van der Waals surface area contributed by atoms with Crippen molar-refractivity contribution in [3.05, 3.63) is 82.8 Å². The number of halogens is 3. The number of hydrogen-bond acceptors (Lipinski definition) is 2. The second-order valence-corrected chi connectivity index (χ2v) is 10.5. The highest BCUT2D eigenvalue weighted by Crippen LogP contribution is 2.33. The molecule has 0 amide bonds. The minimum atomic E-state index is -0.320. The van der Waals surface area contributed by atoms with E-state index in [9.17, 15) is 4.79 Å². The molecular weight excluding hydrogens is 514 g/mol. The number of benzene rings is 3. The van der Waals surface area contributed by atoms with Crippen LogP contribution >= 0.6 is 45.8 Å². The molecular formula is C21H16Cl2IO2S+. The number of carbonyl (C=O) groups is 1. The highest BCUT2D eigenvalue weighted by atomic mass is 127. The Morgan fingerprint density at radius 1 is 0.815 bits per heavy atom. The molecule has 3 aromatic rings. The van der Waals surface area contributed by atoms with E-state index in [1.165, 1.54) is 0 Å². The summed E-state index contributed by atoms with van der Waals surface area (Å²) in [4.78, 5) is 15.2. The Morgan fingerprint density at radius 3 is 1.56 bits per heavy atom. The molecule has 0 saturated heterocycles. The molecule has 3 rings (SSSR count). The van der Waals surface area contributed by atoms with E-state index in [1.54, 1.807) is 6.92 Å². The summed E-state index contributed by atoms with van der Waals surface area (Å²) in [6.07, 6.45) is 0. The van der Waals surface area contributed by atoms with Crippen molar-refractivity contribution in [2.45, 2.75) is 25.5 Å². The van der Waals surface area contributed by atoms with Crippen LogP contribution in [0.5, 0.6) is 5.75 Å². The summed E-state index contributed by atoms with van der Waals surface area (Å²) < 4.78 is 5.18. The third-order valence-electron chi connectivity index (χ3n) is 3.70. The molecule has 0 aliphatic carbocycles. The SMILES string of the molecule is CC(I)C(=O)Oc1ccc([S+](c2ccc(Cl)cc2)c2ccc(Cl)cc2)cc1. The number of alkyl halides is 1. The number of hydrogen-bond donors (Lipinski definition) is 0. The Kier molecular flexibility index (Phi) is 7.09. The van der Waals surface area contributed by atoms with E-state index in [-0.39, 0.29) is 20.8 Å². The van der Waals surface area contributed by atoms with Crippen LogP contribution in [0.15, 0.2) is 87.5 Å². The maximum atomic E-state index is 11.8. The summed E-state index contributed by atoms with van der Waals surface area (Å²) in [5.41, 5.74) is 0. The van der Waals surface area contributed by atoms with E-state index in [1.807, 2.05) is 95.4 Å². The summed E-state index contributed by atoms with van der Waals surface area (Å²) in [7, 11) is -0.320. The lowest BCUT2D eigenvalue weighted by Gasteiger charge is -2.10. The molecule has 3 aromatic carbocycles. The van der Waals surface area contributed by atoms with Crippen LogP contribution in [0.25, 0.3) is 0 Å². The second-order valence-electron chi connectivity index (χ2n) is 5.72. The molecule has 0 radical (unpaired) electrons. The largest absolute Gasteiger partial charge is 0.426 e. The molecule has 0 aliphatic rings. The number of rotatable bonds is 5. The van der Waals surface area contributed by atoms with E-state index >= 15 is 0 Å². The predicted octanol–water partition coefficient (Wildman–Crippen LogP) is 6.82. The molecule has 2 nitrogen and oxygen atoms in total. The van der Waals surface area contributed by atoms with Gasteiger partial charge >= 0.3 is 5.97 Å².